The molecule has 1 aliphatic rings. The average molecular weight is 615 g/mol. The van der Waals surface area contributed by atoms with Gasteiger partial charge in [0.05, 0.1) is 26.5 Å². The van der Waals surface area contributed by atoms with Gasteiger partial charge >= 0.3 is 6.09 Å². The number of aromatic nitrogens is 2. The first-order valence-corrected chi connectivity index (χ1v) is 14.8. The molecule has 45 heavy (non-hydrogen) atoms. The summed E-state index contributed by atoms with van der Waals surface area (Å²) in [5.74, 6) is 1.78. The van der Waals surface area contributed by atoms with Crippen molar-refractivity contribution in [2.24, 2.45) is 0 Å². The van der Waals surface area contributed by atoms with Gasteiger partial charge in [0.1, 0.15) is 28.9 Å². The van der Waals surface area contributed by atoms with Crippen LogP contribution in [0.1, 0.15) is 23.6 Å². The first kappa shape index (κ1) is 31.5. The molecule has 0 radical (unpaired) electrons. The number of halogens is 1. The molecule has 1 atom stereocenters. The lowest BCUT2D eigenvalue weighted by atomic mass is 10.1. The van der Waals surface area contributed by atoms with Crippen LogP contribution in [0.5, 0.6) is 17.2 Å². The van der Waals surface area contributed by atoms with E-state index < -0.39 is 6.09 Å². The predicted octanol–water partition coefficient (Wildman–Crippen LogP) is 6.34. The van der Waals surface area contributed by atoms with E-state index >= 15 is 4.39 Å². The van der Waals surface area contributed by atoms with Crippen LogP contribution in [0.2, 0.25) is 0 Å². The van der Waals surface area contributed by atoms with E-state index in [9.17, 15) is 4.79 Å². The molecule has 3 aromatic carbocycles. The van der Waals surface area contributed by atoms with E-state index in [0.717, 1.165) is 30.8 Å². The summed E-state index contributed by atoms with van der Waals surface area (Å²) in [5, 5.41) is 3.09. The molecule has 5 rings (SSSR count). The number of nitrogens with one attached hydrogen (secondary N) is 1. The SMILES string of the molecule is COc1ccc(OC)c(CN(C(=O)Oc2c(C)cccc2C)c2ccnc(Nc3ccc(N4CCN(C)C(C)C4)c(F)c3)n2)c1. The van der Waals surface area contributed by atoms with Crippen molar-refractivity contribution in [3.8, 4) is 17.2 Å². The quantitative estimate of drug-likeness (QED) is 0.232. The highest BCUT2D eigenvalue weighted by Crippen LogP contribution is 2.30. The second-order valence-electron chi connectivity index (χ2n) is 11.2. The van der Waals surface area contributed by atoms with Gasteiger partial charge in [-0.05, 0) is 81.4 Å². The Kier molecular flexibility index (Phi) is 9.68. The lowest BCUT2D eigenvalue weighted by Gasteiger charge is -2.39. The molecule has 0 aliphatic carbocycles. The molecule has 1 saturated heterocycles. The van der Waals surface area contributed by atoms with Gasteiger partial charge in [-0.3, -0.25) is 4.90 Å². The van der Waals surface area contributed by atoms with Crippen LogP contribution in [0.4, 0.5) is 32.3 Å². The summed E-state index contributed by atoms with van der Waals surface area (Å²) in [4.78, 5) is 28.5. The summed E-state index contributed by atoms with van der Waals surface area (Å²) < 4.78 is 32.2. The number of rotatable bonds is 9. The van der Waals surface area contributed by atoms with Crippen molar-refractivity contribution in [3.63, 3.8) is 0 Å². The number of ether oxygens (including phenoxy) is 3. The molecular weight excluding hydrogens is 575 g/mol. The number of hydrogen-bond donors (Lipinski definition) is 1. The van der Waals surface area contributed by atoms with Gasteiger partial charge in [-0.2, -0.15) is 4.98 Å². The summed E-state index contributed by atoms with van der Waals surface area (Å²) in [6.45, 7) is 8.33. The number of aryl methyl sites for hydroxylation is 2. The maximum absolute atomic E-state index is 15.3. The molecule has 2 heterocycles. The average Bonchev–Trinajstić information content (AvgIpc) is 3.03. The van der Waals surface area contributed by atoms with Gasteiger partial charge in [-0.15, -0.1) is 0 Å². The number of anilines is 4. The smallest absolute Gasteiger partial charge is 0.421 e. The minimum atomic E-state index is -0.640. The van der Waals surface area contributed by atoms with Crippen LogP contribution in [-0.4, -0.2) is 67.9 Å². The third kappa shape index (κ3) is 7.26. The number of methoxy groups -OCH3 is 2. The molecule has 0 bridgehead atoms. The van der Waals surface area contributed by atoms with E-state index in [1.807, 2.05) is 32.0 Å². The molecule has 1 aliphatic heterocycles. The van der Waals surface area contributed by atoms with Crippen molar-refractivity contribution >= 4 is 29.2 Å². The Balaban J connectivity index is 1.43. The molecule has 0 spiro atoms. The Labute approximate surface area is 263 Å². The van der Waals surface area contributed by atoms with Crippen LogP contribution in [0.25, 0.3) is 0 Å². The number of para-hydroxylation sites is 1. The highest BCUT2D eigenvalue weighted by atomic mass is 19.1. The van der Waals surface area contributed by atoms with E-state index in [4.69, 9.17) is 14.2 Å². The van der Waals surface area contributed by atoms with Crippen molar-refractivity contribution in [1.29, 1.82) is 0 Å². The molecule has 1 N–H and O–H groups in total. The van der Waals surface area contributed by atoms with Crippen LogP contribution in [0, 0.1) is 19.7 Å². The van der Waals surface area contributed by atoms with Gasteiger partial charge in [0.15, 0.2) is 0 Å². The van der Waals surface area contributed by atoms with Crippen LogP contribution in [0.15, 0.2) is 66.9 Å². The van der Waals surface area contributed by atoms with E-state index in [1.54, 1.807) is 50.6 Å². The number of nitrogens with zero attached hydrogens (tertiary/aromatic N) is 5. The predicted molar refractivity (Wildman–Crippen MR) is 174 cm³/mol. The third-order valence-corrected chi connectivity index (χ3v) is 8.06. The normalized spacial score (nSPS) is 15.0. The summed E-state index contributed by atoms with van der Waals surface area (Å²) in [6.07, 6.45) is 0.891. The summed E-state index contributed by atoms with van der Waals surface area (Å²) in [7, 11) is 5.21. The van der Waals surface area contributed by atoms with Gasteiger partial charge in [0.25, 0.3) is 0 Å². The Morgan fingerprint density at radius 1 is 1.04 bits per heavy atom. The van der Waals surface area contributed by atoms with E-state index in [2.05, 4.69) is 39.1 Å². The van der Waals surface area contributed by atoms with Crippen LogP contribution in [-0.2, 0) is 6.54 Å². The fourth-order valence-corrected chi connectivity index (χ4v) is 5.31. The number of amides is 1. The number of piperazine rings is 1. The second kappa shape index (κ2) is 13.8. The van der Waals surface area contributed by atoms with Gasteiger partial charge < -0.3 is 29.3 Å². The van der Waals surface area contributed by atoms with Gasteiger partial charge in [0.2, 0.25) is 5.95 Å². The lowest BCUT2D eigenvalue weighted by molar-refractivity contribution is 0.206. The standard InChI is InChI=1S/C34H39FN6O4/c1-22-8-7-9-23(2)32(22)45-34(42)41(21-25-18-27(43-5)11-13-30(25)44-6)31-14-15-36-33(38-31)37-26-10-12-29(28(35)19-26)40-17-16-39(4)24(3)20-40/h7-15,18-19,24H,16-17,20-21H2,1-6H3,(H,36,37,38). The highest BCUT2D eigenvalue weighted by Gasteiger charge is 2.25. The molecule has 1 aromatic heterocycles. The molecule has 10 nitrogen and oxygen atoms in total. The fourth-order valence-electron chi connectivity index (χ4n) is 5.31. The van der Waals surface area contributed by atoms with Crippen molar-refractivity contribution < 1.29 is 23.4 Å². The second-order valence-corrected chi connectivity index (χ2v) is 11.2. The van der Waals surface area contributed by atoms with Crippen molar-refractivity contribution in [2.75, 3.05) is 56.0 Å². The van der Waals surface area contributed by atoms with Crippen LogP contribution in [0.3, 0.4) is 0 Å². The molecule has 11 heteroatoms. The van der Waals surface area contributed by atoms with Crippen LogP contribution < -0.4 is 29.3 Å². The lowest BCUT2D eigenvalue weighted by Crippen LogP contribution is -2.50. The Bertz CT molecular complexity index is 1650. The first-order chi connectivity index (χ1) is 21.7. The van der Waals surface area contributed by atoms with E-state index in [-0.39, 0.29) is 24.1 Å². The van der Waals surface area contributed by atoms with Crippen molar-refractivity contribution in [2.45, 2.75) is 33.4 Å². The largest absolute Gasteiger partial charge is 0.497 e. The summed E-state index contributed by atoms with van der Waals surface area (Å²) >= 11 is 0. The number of carbonyl (C=O) groups is 1. The Morgan fingerprint density at radius 2 is 1.82 bits per heavy atom. The van der Waals surface area contributed by atoms with E-state index in [0.29, 0.717) is 40.2 Å². The fraction of sp³-hybridized carbons (Fsp3) is 0.324. The maximum atomic E-state index is 15.3. The zero-order valence-electron chi connectivity index (χ0n) is 26.5. The molecular formula is C34H39FN6O4. The van der Waals surface area contributed by atoms with Gasteiger partial charge in [-0.25, -0.2) is 14.2 Å². The molecule has 1 fully saturated rings. The number of likely N-dealkylation sites (N-methyl/N-ethyl adjacent to an activating group) is 1. The van der Waals surface area contributed by atoms with E-state index in [1.165, 1.54) is 17.2 Å². The minimum Gasteiger partial charge on any atom is -0.497 e. The van der Waals surface area contributed by atoms with Gasteiger partial charge in [0, 0.05) is 43.1 Å². The molecule has 236 valence electrons. The van der Waals surface area contributed by atoms with Gasteiger partial charge in [-0.1, -0.05) is 18.2 Å². The molecule has 4 aromatic rings. The molecule has 0 saturated carbocycles. The number of carbonyl (C=O) groups excluding carboxylic acids is 1. The number of benzene rings is 3. The summed E-state index contributed by atoms with van der Waals surface area (Å²) in [6, 6.07) is 18.0. The van der Waals surface area contributed by atoms with Crippen LogP contribution >= 0.6 is 0 Å². The van der Waals surface area contributed by atoms with Crippen molar-refractivity contribution in [1.82, 2.24) is 14.9 Å². The molecule has 1 unspecified atom stereocenters. The minimum absolute atomic E-state index is 0.0629. The summed E-state index contributed by atoms with van der Waals surface area (Å²) in [5.41, 5.74) is 3.37. The number of hydrogen-bond acceptors (Lipinski definition) is 9. The topological polar surface area (TPSA) is 92.3 Å². The zero-order valence-corrected chi connectivity index (χ0v) is 26.5. The highest BCUT2D eigenvalue weighted by molar-refractivity contribution is 5.88. The maximum Gasteiger partial charge on any atom is 0.421 e. The first-order valence-electron chi connectivity index (χ1n) is 14.8. The Morgan fingerprint density at radius 3 is 2.51 bits per heavy atom. The monoisotopic (exact) mass is 614 g/mol. The third-order valence-electron chi connectivity index (χ3n) is 8.06. The van der Waals surface area contributed by atoms with Crippen molar-refractivity contribution in [3.05, 3.63) is 89.4 Å². The zero-order chi connectivity index (χ0) is 32.1. The molecule has 1 amide bonds. The Hall–Kier alpha value is -4.90.